The molecule has 3 heteroatoms. The minimum Gasteiger partial charge on any atom is -0.381 e. The number of hydrogen-bond donors (Lipinski definition) is 1. The molecule has 1 aliphatic rings. The molecule has 1 aliphatic heterocycles. The maximum atomic E-state index is 5.42. The molecule has 120 valence electrons. The van der Waals surface area contributed by atoms with Crippen LogP contribution in [0.3, 0.4) is 0 Å². The second-order valence-electron chi connectivity index (χ2n) is 6.83. The first-order chi connectivity index (χ1) is 9.68. The van der Waals surface area contributed by atoms with Gasteiger partial charge in [0.1, 0.15) is 0 Å². The molecule has 3 nitrogen and oxygen atoms in total. The molecule has 0 radical (unpaired) electrons. The Labute approximate surface area is 126 Å². The molecule has 0 amide bonds. The Hall–Kier alpha value is -0.120. The van der Waals surface area contributed by atoms with Gasteiger partial charge in [-0.3, -0.25) is 0 Å². The molecule has 0 spiro atoms. The minimum atomic E-state index is 0.772. The molecule has 0 saturated carbocycles. The Bertz CT molecular complexity index is 215. The first-order valence-corrected chi connectivity index (χ1v) is 8.65. The molecule has 0 unspecified atom stereocenters. The fourth-order valence-electron chi connectivity index (χ4n) is 2.84. The van der Waals surface area contributed by atoms with Crippen LogP contribution in [0.15, 0.2) is 0 Å². The van der Waals surface area contributed by atoms with Gasteiger partial charge in [0.25, 0.3) is 0 Å². The average Bonchev–Trinajstić information content (AvgIpc) is 2.42. The summed E-state index contributed by atoms with van der Waals surface area (Å²) < 4.78 is 5.42. The van der Waals surface area contributed by atoms with Gasteiger partial charge in [0, 0.05) is 19.8 Å². The maximum absolute atomic E-state index is 5.42. The monoisotopic (exact) mass is 284 g/mol. The molecule has 0 aliphatic carbocycles. The van der Waals surface area contributed by atoms with Gasteiger partial charge < -0.3 is 15.0 Å². The normalized spacial score (nSPS) is 17.2. The Kier molecular flexibility index (Phi) is 10.3. The largest absolute Gasteiger partial charge is 0.381 e. The third-order valence-corrected chi connectivity index (χ3v) is 4.11. The van der Waals surface area contributed by atoms with E-state index in [1.54, 1.807) is 0 Å². The highest BCUT2D eigenvalue weighted by molar-refractivity contribution is 4.67. The van der Waals surface area contributed by atoms with Crippen LogP contribution in [0.2, 0.25) is 0 Å². The Morgan fingerprint density at radius 2 is 1.80 bits per heavy atom. The quantitative estimate of drug-likeness (QED) is 0.590. The Morgan fingerprint density at radius 3 is 2.50 bits per heavy atom. The van der Waals surface area contributed by atoms with Crippen LogP contribution in [0.4, 0.5) is 0 Å². The molecule has 1 fully saturated rings. The minimum absolute atomic E-state index is 0.772. The Morgan fingerprint density at radius 1 is 1.10 bits per heavy atom. The van der Waals surface area contributed by atoms with Gasteiger partial charge in [-0.05, 0) is 64.2 Å². The lowest BCUT2D eigenvalue weighted by atomic mass is 10.00. The van der Waals surface area contributed by atoms with Crippen LogP contribution in [0.25, 0.3) is 0 Å². The van der Waals surface area contributed by atoms with Crippen molar-refractivity contribution in [3.05, 3.63) is 0 Å². The summed E-state index contributed by atoms with van der Waals surface area (Å²) >= 11 is 0. The van der Waals surface area contributed by atoms with Crippen molar-refractivity contribution in [2.75, 3.05) is 46.4 Å². The van der Waals surface area contributed by atoms with Crippen LogP contribution in [0.5, 0.6) is 0 Å². The fraction of sp³-hybridized carbons (Fsp3) is 1.00. The van der Waals surface area contributed by atoms with E-state index in [1.807, 2.05) is 0 Å². The second-order valence-corrected chi connectivity index (χ2v) is 6.83. The zero-order valence-corrected chi connectivity index (χ0v) is 14.0. The van der Waals surface area contributed by atoms with E-state index >= 15 is 0 Å². The third-order valence-electron chi connectivity index (χ3n) is 4.11. The smallest absolute Gasteiger partial charge is 0.0469 e. The number of unbranched alkanes of at least 4 members (excludes halogenated alkanes) is 3. The number of rotatable bonds is 11. The second kappa shape index (κ2) is 11.5. The van der Waals surface area contributed by atoms with E-state index in [0.29, 0.717) is 0 Å². The van der Waals surface area contributed by atoms with Crippen molar-refractivity contribution in [2.45, 2.75) is 52.4 Å². The zero-order valence-electron chi connectivity index (χ0n) is 14.0. The van der Waals surface area contributed by atoms with Gasteiger partial charge in [0.15, 0.2) is 0 Å². The predicted molar refractivity (Wildman–Crippen MR) is 87.2 cm³/mol. The van der Waals surface area contributed by atoms with Crippen molar-refractivity contribution in [1.82, 2.24) is 10.2 Å². The third kappa shape index (κ3) is 9.73. The topological polar surface area (TPSA) is 24.5 Å². The van der Waals surface area contributed by atoms with E-state index in [9.17, 15) is 0 Å². The highest BCUT2D eigenvalue weighted by Crippen LogP contribution is 2.15. The van der Waals surface area contributed by atoms with Crippen molar-refractivity contribution in [3.63, 3.8) is 0 Å². The zero-order chi connectivity index (χ0) is 14.6. The summed E-state index contributed by atoms with van der Waals surface area (Å²) in [5.41, 5.74) is 0. The van der Waals surface area contributed by atoms with Gasteiger partial charge in [-0.15, -0.1) is 0 Å². The standard InChI is InChI=1S/C17H36N2O/c1-16(2)14-18-10-6-4-5-7-11-19(3)15-17-8-12-20-13-9-17/h16-18H,4-15H2,1-3H3. The van der Waals surface area contributed by atoms with E-state index in [0.717, 1.165) is 31.6 Å². The molecule has 1 rings (SSSR count). The summed E-state index contributed by atoms with van der Waals surface area (Å²) in [5.74, 6) is 1.64. The Balaban J connectivity index is 1.85. The number of ether oxygens (including phenoxy) is 1. The number of nitrogens with zero attached hydrogens (tertiary/aromatic N) is 1. The van der Waals surface area contributed by atoms with Crippen LogP contribution < -0.4 is 5.32 Å². The highest BCUT2D eigenvalue weighted by atomic mass is 16.5. The number of hydrogen-bond acceptors (Lipinski definition) is 3. The molecule has 20 heavy (non-hydrogen) atoms. The van der Waals surface area contributed by atoms with Crippen LogP contribution in [0.1, 0.15) is 52.4 Å². The van der Waals surface area contributed by atoms with Crippen LogP contribution in [0, 0.1) is 11.8 Å². The van der Waals surface area contributed by atoms with Gasteiger partial charge in [0.05, 0.1) is 0 Å². The van der Waals surface area contributed by atoms with Crippen molar-refractivity contribution >= 4 is 0 Å². The molecule has 0 bridgehead atoms. The summed E-state index contributed by atoms with van der Waals surface area (Å²) in [5, 5.41) is 3.52. The lowest BCUT2D eigenvalue weighted by Crippen LogP contribution is -2.30. The molecule has 1 heterocycles. The van der Waals surface area contributed by atoms with Gasteiger partial charge in [-0.1, -0.05) is 26.7 Å². The van der Waals surface area contributed by atoms with E-state index in [2.05, 4.69) is 31.1 Å². The van der Waals surface area contributed by atoms with Crippen LogP contribution in [-0.4, -0.2) is 51.3 Å². The van der Waals surface area contributed by atoms with Crippen molar-refractivity contribution in [2.24, 2.45) is 11.8 Å². The average molecular weight is 284 g/mol. The molecule has 1 saturated heterocycles. The summed E-state index contributed by atoms with van der Waals surface area (Å²) in [6, 6.07) is 0. The van der Waals surface area contributed by atoms with Gasteiger partial charge >= 0.3 is 0 Å². The van der Waals surface area contributed by atoms with E-state index in [4.69, 9.17) is 4.74 Å². The lowest BCUT2D eigenvalue weighted by molar-refractivity contribution is 0.0556. The SMILES string of the molecule is CC(C)CNCCCCCCN(C)CC1CCOCC1. The number of nitrogens with one attached hydrogen (secondary N) is 1. The first-order valence-electron chi connectivity index (χ1n) is 8.65. The highest BCUT2D eigenvalue weighted by Gasteiger charge is 2.15. The van der Waals surface area contributed by atoms with Crippen molar-refractivity contribution in [3.8, 4) is 0 Å². The predicted octanol–water partition coefficient (Wildman–Crippen LogP) is 3.15. The van der Waals surface area contributed by atoms with E-state index < -0.39 is 0 Å². The van der Waals surface area contributed by atoms with Crippen molar-refractivity contribution < 1.29 is 4.74 Å². The molecule has 0 aromatic rings. The summed E-state index contributed by atoms with van der Waals surface area (Å²) in [7, 11) is 2.28. The summed E-state index contributed by atoms with van der Waals surface area (Å²) in [4.78, 5) is 2.52. The van der Waals surface area contributed by atoms with Crippen LogP contribution >= 0.6 is 0 Å². The molecule has 0 aromatic carbocycles. The molecule has 0 atom stereocenters. The van der Waals surface area contributed by atoms with Gasteiger partial charge in [-0.25, -0.2) is 0 Å². The lowest BCUT2D eigenvalue weighted by Gasteiger charge is -2.27. The van der Waals surface area contributed by atoms with E-state index in [1.165, 1.54) is 58.2 Å². The van der Waals surface area contributed by atoms with Crippen LogP contribution in [-0.2, 0) is 4.74 Å². The van der Waals surface area contributed by atoms with Gasteiger partial charge in [0.2, 0.25) is 0 Å². The molecular formula is C17H36N2O. The molecule has 1 N–H and O–H groups in total. The molecule has 0 aromatic heterocycles. The fourth-order valence-corrected chi connectivity index (χ4v) is 2.84. The first kappa shape index (κ1) is 17.9. The molecular weight excluding hydrogens is 248 g/mol. The summed E-state index contributed by atoms with van der Waals surface area (Å²) in [6.45, 7) is 11.4. The van der Waals surface area contributed by atoms with E-state index in [-0.39, 0.29) is 0 Å². The summed E-state index contributed by atoms with van der Waals surface area (Å²) in [6.07, 6.45) is 7.94. The van der Waals surface area contributed by atoms with Crippen molar-refractivity contribution in [1.29, 1.82) is 0 Å². The maximum Gasteiger partial charge on any atom is 0.0469 e. The van der Waals surface area contributed by atoms with Gasteiger partial charge in [-0.2, -0.15) is 0 Å².